The highest BCUT2D eigenvalue weighted by Crippen LogP contribution is 2.22. The summed E-state index contributed by atoms with van der Waals surface area (Å²) in [5.74, 6) is 1.12. The number of hydrogen-bond acceptors (Lipinski definition) is 2. The molecule has 3 heteroatoms. The van der Waals surface area contributed by atoms with Crippen molar-refractivity contribution < 1.29 is 9.16 Å². The summed E-state index contributed by atoms with van der Waals surface area (Å²) in [5, 5.41) is 0. The third kappa shape index (κ3) is 5.12. The number of allylic oxidation sites excluding steroid dienone is 1. The molecule has 0 rings (SSSR count). The van der Waals surface area contributed by atoms with Gasteiger partial charge in [0.25, 0.3) is 0 Å². The summed E-state index contributed by atoms with van der Waals surface area (Å²) in [6.45, 7) is 14.6. The summed E-state index contributed by atoms with van der Waals surface area (Å²) >= 11 is 0. The van der Waals surface area contributed by atoms with E-state index in [9.17, 15) is 0 Å². The Morgan fingerprint density at radius 3 is 2.07 bits per heavy atom. The van der Waals surface area contributed by atoms with Gasteiger partial charge in [0.15, 0.2) is 0 Å². The van der Waals surface area contributed by atoms with E-state index in [1.54, 1.807) is 13.4 Å². The van der Waals surface area contributed by atoms with Gasteiger partial charge in [0.1, 0.15) is 5.76 Å². The zero-order chi connectivity index (χ0) is 11.4. The predicted octanol–water partition coefficient (Wildman–Crippen LogP) is 3.54. The number of rotatable bonds is 5. The second-order valence-corrected chi connectivity index (χ2v) is 9.03. The summed E-state index contributed by atoms with van der Waals surface area (Å²) in [6.07, 6.45) is 1.72. The Labute approximate surface area is 88.7 Å². The lowest BCUT2D eigenvalue weighted by Crippen LogP contribution is -2.25. The maximum absolute atomic E-state index is 5.81. The molecule has 82 valence electrons. The SMILES string of the molecule is C=C(O[Si](C)(C)C)C(=COC)C(C)C. The topological polar surface area (TPSA) is 18.5 Å². The van der Waals surface area contributed by atoms with Crippen LogP contribution in [0, 0.1) is 5.92 Å². The van der Waals surface area contributed by atoms with Gasteiger partial charge in [0.2, 0.25) is 8.32 Å². The number of hydrogen-bond donors (Lipinski definition) is 0. The highest BCUT2D eigenvalue weighted by molar-refractivity contribution is 6.70. The molecule has 0 fully saturated rings. The van der Waals surface area contributed by atoms with Crippen molar-refractivity contribution in [2.45, 2.75) is 33.5 Å². The third-order valence-electron chi connectivity index (χ3n) is 1.62. The van der Waals surface area contributed by atoms with Crippen molar-refractivity contribution in [3.8, 4) is 0 Å². The van der Waals surface area contributed by atoms with Crippen molar-refractivity contribution >= 4 is 8.32 Å². The Morgan fingerprint density at radius 2 is 1.79 bits per heavy atom. The average molecular weight is 214 g/mol. The summed E-state index contributed by atoms with van der Waals surface area (Å²) in [5.41, 5.74) is 1.04. The average Bonchev–Trinajstić information content (AvgIpc) is 1.95. The second kappa shape index (κ2) is 5.25. The third-order valence-corrected chi connectivity index (χ3v) is 2.48. The van der Waals surface area contributed by atoms with Crippen LogP contribution in [0.25, 0.3) is 0 Å². The van der Waals surface area contributed by atoms with Gasteiger partial charge >= 0.3 is 0 Å². The van der Waals surface area contributed by atoms with Gasteiger partial charge in [-0.1, -0.05) is 20.4 Å². The number of methoxy groups -OCH3 is 1. The molecule has 0 heterocycles. The quantitative estimate of drug-likeness (QED) is 0.396. The van der Waals surface area contributed by atoms with E-state index < -0.39 is 8.32 Å². The van der Waals surface area contributed by atoms with Gasteiger partial charge in [-0.3, -0.25) is 0 Å². The zero-order valence-corrected chi connectivity index (χ0v) is 11.2. The van der Waals surface area contributed by atoms with Crippen molar-refractivity contribution in [2.75, 3.05) is 7.11 Å². The maximum Gasteiger partial charge on any atom is 0.242 e. The molecular weight excluding hydrogens is 192 g/mol. The molecule has 0 aliphatic rings. The molecule has 0 aliphatic carbocycles. The summed E-state index contributed by atoms with van der Waals surface area (Å²) in [7, 11) is 0.0892. The van der Waals surface area contributed by atoms with E-state index in [1.165, 1.54) is 0 Å². The highest BCUT2D eigenvalue weighted by atomic mass is 28.4. The number of ether oxygens (including phenoxy) is 1. The Morgan fingerprint density at radius 1 is 1.29 bits per heavy atom. The molecule has 0 aromatic heterocycles. The fraction of sp³-hybridized carbons (Fsp3) is 0.636. The van der Waals surface area contributed by atoms with Crippen LogP contribution >= 0.6 is 0 Å². The Kier molecular flexibility index (Phi) is 4.98. The largest absolute Gasteiger partial charge is 0.544 e. The van der Waals surface area contributed by atoms with Crippen LogP contribution in [0.5, 0.6) is 0 Å². The standard InChI is InChI=1S/C11H22O2Si/c1-9(2)11(8-12-4)10(3)13-14(5,6)7/h8-9H,3H2,1-2,4-7H3. The summed E-state index contributed by atoms with van der Waals surface area (Å²) < 4.78 is 10.8. The zero-order valence-electron chi connectivity index (χ0n) is 10.2. The van der Waals surface area contributed by atoms with Gasteiger partial charge < -0.3 is 9.16 Å². The van der Waals surface area contributed by atoms with Crippen LogP contribution < -0.4 is 0 Å². The van der Waals surface area contributed by atoms with E-state index in [0.717, 1.165) is 11.3 Å². The van der Waals surface area contributed by atoms with Crippen LogP contribution in [-0.4, -0.2) is 15.4 Å². The molecule has 0 aromatic rings. The lowest BCUT2D eigenvalue weighted by atomic mass is 10.0. The Bertz CT molecular complexity index is 224. The van der Waals surface area contributed by atoms with E-state index in [0.29, 0.717) is 5.92 Å². The van der Waals surface area contributed by atoms with Crippen molar-refractivity contribution in [3.63, 3.8) is 0 Å². The Hall–Kier alpha value is -0.703. The molecule has 0 spiro atoms. The first-order chi connectivity index (χ1) is 6.28. The lowest BCUT2D eigenvalue weighted by Gasteiger charge is -2.23. The van der Waals surface area contributed by atoms with E-state index in [2.05, 4.69) is 40.1 Å². The maximum atomic E-state index is 5.81. The molecule has 0 amide bonds. The van der Waals surface area contributed by atoms with E-state index in [4.69, 9.17) is 9.16 Å². The molecule has 0 bridgehead atoms. The minimum atomic E-state index is -1.55. The van der Waals surface area contributed by atoms with Gasteiger partial charge in [-0.05, 0) is 25.6 Å². The van der Waals surface area contributed by atoms with Crippen molar-refractivity contribution in [1.82, 2.24) is 0 Å². The first kappa shape index (κ1) is 13.3. The van der Waals surface area contributed by atoms with Gasteiger partial charge in [-0.25, -0.2) is 0 Å². The monoisotopic (exact) mass is 214 g/mol. The molecular formula is C11H22O2Si. The fourth-order valence-electron chi connectivity index (χ4n) is 1.08. The lowest BCUT2D eigenvalue weighted by molar-refractivity contribution is 0.323. The predicted molar refractivity (Wildman–Crippen MR) is 63.5 cm³/mol. The van der Waals surface area contributed by atoms with Crippen LogP contribution in [0.4, 0.5) is 0 Å². The van der Waals surface area contributed by atoms with Gasteiger partial charge in [0, 0.05) is 5.57 Å². The van der Waals surface area contributed by atoms with Crippen LogP contribution in [0.2, 0.25) is 19.6 Å². The van der Waals surface area contributed by atoms with Crippen LogP contribution in [0.3, 0.4) is 0 Å². The van der Waals surface area contributed by atoms with E-state index >= 15 is 0 Å². The molecule has 0 radical (unpaired) electrons. The smallest absolute Gasteiger partial charge is 0.242 e. The first-order valence-corrected chi connectivity index (χ1v) is 8.30. The van der Waals surface area contributed by atoms with E-state index in [1.807, 2.05) is 0 Å². The molecule has 14 heavy (non-hydrogen) atoms. The van der Waals surface area contributed by atoms with Gasteiger partial charge in [-0.15, -0.1) is 0 Å². The minimum Gasteiger partial charge on any atom is -0.544 e. The van der Waals surface area contributed by atoms with Crippen LogP contribution in [0.15, 0.2) is 24.2 Å². The van der Waals surface area contributed by atoms with Crippen molar-refractivity contribution in [1.29, 1.82) is 0 Å². The van der Waals surface area contributed by atoms with Crippen molar-refractivity contribution in [3.05, 3.63) is 24.2 Å². The Balaban J connectivity index is 4.55. The van der Waals surface area contributed by atoms with Crippen LogP contribution in [-0.2, 0) is 9.16 Å². The molecule has 0 atom stereocenters. The molecule has 0 saturated heterocycles. The van der Waals surface area contributed by atoms with Crippen LogP contribution in [0.1, 0.15) is 13.8 Å². The fourth-order valence-corrected chi connectivity index (χ4v) is 1.94. The normalized spacial score (nSPS) is 12.9. The van der Waals surface area contributed by atoms with Crippen molar-refractivity contribution in [2.24, 2.45) is 5.92 Å². The molecule has 0 aromatic carbocycles. The van der Waals surface area contributed by atoms with Gasteiger partial charge in [-0.2, -0.15) is 0 Å². The van der Waals surface area contributed by atoms with E-state index in [-0.39, 0.29) is 0 Å². The highest BCUT2D eigenvalue weighted by Gasteiger charge is 2.19. The van der Waals surface area contributed by atoms with Gasteiger partial charge in [0.05, 0.1) is 13.4 Å². The second-order valence-electron chi connectivity index (χ2n) is 4.60. The first-order valence-electron chi connectivity index (χ1n) is 4.89. The molecule has 0 unspecified atom stereocenters. The molecule has 0 aliphatic heterocycles. The minimum absolute atomic E-state index is 0.374. The molecule has 2 nitrogen and oxygen atoms in total. The summed E-state index contributed by atoms with van der Waals surface area (Å²) in [4.78, 5) is 0. The molecule has 0 saturated carbocycles. The summed E-state index contributed by atoms with van der Waals surface area (Å²) in [6, 6.07) is 0. The molecule has 0 N–H and O–H groups in total.